The molecule has 1 aliphatic rings. The average Bonchev–Trinajstić information content (AvgIpc) is 3.36. The normalized spacial score (nSPS) is 15.6. The third-order valence-corrected chi connectivity index (χ3v) is 5.83. The van der Waals surface area contributed by atoms with Crippen LogP contribution in [-0.4, -0.2) is 37.1 Å². The predicted molar refractivity (Wildman–Crippen MR) is 101 cm³/mol. The van der Waals surface area contributed by atoms with Crippen LogP contribution in [-0.2, 0) is 6.54 Å². The molecular formula is C17H20N5OS2+. The van der Waals surface area contributed by atoms with Gasteiger partial charge >= 0.3 is 0 Å². The molecular weight excluding hydrogens is 354 g/mol. The number of rotatable bonds is 5. The Labute approximate surface area is 154 Å². The second-order valence-corrected chi connectivity index (χ2v) is 7.69. The molecule has 0 unspecified atom stereocenters. The van der Waals surface area contributed by atoms with Gasteiger partial charge in [-0.05, 0) is 24.3 Å². The van der Waals surface area contributed by atoms with Crippen molar-refractivity contribution in [2.24, 2.45) is 0 Å². The number of thiazole rings is 2. The minimum Gasteiger partial charge on any atom is -0.497 e. The van der Waals surface area contributed by atoms with Crippen molar-refractivity contribution >= 4 is 32.9 Å². The lowest BCUT2D eigenvalue weighted by Gasteiger charge is -2.39. The summed E-state index contributed by atoms with van der Waals surface area (Å²) in [6.07, 6.45) is 3.73. The Bertz CT molecular complexity index is 734. The van der Waals surface area contributed by atoms with Crippen LogP contribution in [0.3, 0.4) is 0 Å². The molecule has 1 fully saturated rings. The lowest BCUT2D eigenvalue weighted by atomic mass is 10.2. The van der Waals surface area contributed by atoms with E-state index in [2.05, 4.69) is 31.9 Å². The highest BCUT2D eigenvalue weighted by molar-refractivity contribution is 7.14. The summed E-state index contributed by atoms with van der Waals surface area (Å²) in [7, 11) is 1.70. The van der Waals surface area contributed by atoms with E-state index in [-0.39, 0.29) is 0 Å². The van der Waals surface area contributed by atoms with Crippen LogP contribution in [0.2, 0.25) is 0 Å². The van der Waals surface area contributed by atoms with Crippen molar-refractivity contribution < 1.29 is 9.64 Å². The molecule has 3 aromatic rings. The number of anilines is 2. The van der Waals surface area contributed by atoms with Gasteiger partial charge < -0.3 is 4.74 Å². The molecule has 0 amide bonds. The summed E-state index contributed by atoms with van der Waals surface area (Å²) in [6, 6.07) is 8.33. The zero-order chi connectivity index (χ0) is 17.1. The molecule has 0 bridgehead atoms. The van der Waals surface area contributed by atoms with E-state index in [0.717, 1.165) is 42.6 Å². The van der Waals surface area contributed by atoms with Crippen molar-refractivity contribution in [3.63, 3.8) is 0 Å². The van der Waals surface area contributed by atoms with Crippen LogP contribution in [0.15, 0.2) is 47.4 Å². The van der Waals surface area contributed by atoms with E-state index in [9.17, 15) is 0 Å². The first-order valence-electron chi connectivity index (χ1n) is 8.07. The maximum atomic E-state index is 5.25. The molecule has 1 saturated heterocycles. The van der Waals surface area contributed by atoms with Crippen molar-refractivity contribution in [3.8, 4) is 5.75 Å². The monoisotopic (exact) mass is 374 g/mol. The molecule has 130 valence electrons. The molecule has 0 atom stereocenters. The van der Waals surface area contributed by atoms with Crippen LogP contribution in [0.1, 0.15) is 5.56 Å². The SMILES string of the molecule is COc1ccc(C[NH+]2CN(c3nccs3)CN(c3nccs3)C2)cc1. The summed E-state index contributed by atoms with van der Waals surface area (Å²) in [5.41, 5.74) is 1.30. The molecule has 0 spiro atoms. The van der Waals surface area contributed by atoms with Crippen LogP contribution < -0.4 is 19.4 Å². The molecule has 0 radical (unpaired) electrons. The maximum absolute atomic E-state index is 5.25. The first-order valence-corrected chi connectivity index (χ1v) is 9.83. The molecule has 3 heterocycles. The van der Waals surface area contributed by atoms with E-state index in [0.29, 0.717) is 0 Å². The second kappa shape index (κ2) is 7.38. The quantitative estimate of drug-likeness (QED) is 0.739. The predicted octanol–water partition coefficient (Wildman–Crippen LogP) is 1.89. The van der Waals surface area contributed by atoms with Gasteiger partial charge in [0.2, 0.25) is 0 Å². The van der Waals surface area contributed by atoms with Crippen LogP contribution >= 0.6 is 22.7 Å². The second-order valence-electron chi connectivity index (χ2n) is 5.94. The number of quaternary nitrogens is 1. The first-order chi connectivity index (χ1) is 12.3. The van der Waals surface area contributed by atoms with Gasteiger partial charge in [0.15, 0.2) is 23.6 Å². The van der Waals surface area contributed by atoms with Gasteiger partial charge in [-0.15, -0.1) is 22.7 Å². The highest BCUT2D eigenvalue weighted by atomic mass is 32.1. The Hall–Kier alpha value is -2.16. The van der Waals surface area contributed by atoms with E-state index in [1.807, 2.05) is 35.3 Å². The van der Waals surface area contributed by atoms with Gasteiger partial charge in [0, 0.05) is 28.7 Å². The molecule has 25 heavy (non-hydrogen) atoms. The number of hydrogen-bond acceptors (Lipinski definition) is 7. The standard InChI is InChI=1S/C17H19N5OS2/c1-23-15-4-2-14(3-5-15)10-20-11-21(16-18-6-8-24-16)13-22(12-20)17-19-7-9-25-17/h2-9H,10-13H2,1H3/p+1. The van der Waals surface area contributed by atoms with Crippen LogP contribution in [0.5, 0.6) is 5.75 Å². The number of nitrogens with zero attached hydrogens (tertiary/aromatic N) is 4. The number of benzene rings is 1. The fourth-order valence-electron chi connectivity index (χ4n) is 3.04. The third-order valence-electron chi connectivity index (χ3n) is 4.16. The van der Waals surface area contributed by atoms with E-state index in [1.165, 1.54) is 10.5 Å². The van der Waals surface area contributed by atoms with Crippen molar-refractivity contribution in [2.45, 2.75) is 6.54 Å². The van der Waals surface area contributed by atoms with Gasteiger partial charge in [-0.2, -0.15) is 0 Å². The maximum Gasteiger partial charge on any atom is 0.191 e. The fourth-order valence-corrected chi connectivity index (χ4v) is 4.31. The number of hydrogen-bond donors (Lipinski definition) is 1. The van der Waals surface area contributed by atoms with Gasteiger partial charge in [-0.1, -0.05) is 0 Å². The molecule has 1 N–H and O–H groups in total. The van der Waals surface area contributed by atoms with E-state index < -0.39 is 0 Å². The minimum absolute atomic E-state index is 0.827. The summed E-state index contributed by atoms with van der Waals surface area (Å²) in [4.78, 5) is 15.1. The van der Waals surface area contributed by atoms with Gasteiger partial charge in [0.05, 0.1) is 7.11 Å². The number of ether oxygens (including phenoxy) is 1. The largest absolute Gasteiger partial charge is 0.497 e. The first kappa shape index (κ1) is 16.3. The molecule has 8 heteroatoms. The zero-order valence-electron chi connectivity index (χ0n) is 14.0. The van der Waals surface area contributed by atoms with E-state index in [1.54, 1.807) is 29.8 Å². The molecule has 1 aliphatic heterocycles. The van der Waals surface area contributed by atoms with Gasteiger partial charge in [0.1, 0.15) is 19.0 Å². The highest BCUT2D eigenvalue weighted by Gasteiger charge is 2.29. The summed E-state index contributed by atoms with van der Waals surface area (Å²) in [6.45, 7) is 3.64. The van der Waals surface area contributed by atoms with Gasteiger partial charge in [0.25, 0.3) is 0 Å². The summed E-state index contributed by atoms with van der Waals surface area (Å²) in [5, 5.41) is 6.18. The molecule has 0 aliphatic carbocycles. The number of aromatic nitrogens is 2. The van der Waals surface area contributed by atoms with Crippen molar-refractivity contribution in [2.75, 3.05) is 36.9 Å². The lowest BCUT2D eigenvalue weighted by Crippen LogP contribution is -3.16. The molecule has 1 aromatic carbocycles. The van der Waals surface area contributed by atoms with Crippen LogP contribution in [0, 0.1) is 0 Å². The van der Waals surface area contributed by atoms with Gasteiger partial charge in [-0.3, -0.25) is 14.7 Å². The Morgan fingerprint density at radius 2 is 1.60 bits per heavy atom. The summed E-state index contributed by atoms with van der Waals surface area (Å²) < 4.78 is 5.25. The highest BCUT2D eigenvalue weighted by Crippen LogP contribution is 2.22. The molecule has 6 nitrogen and oxygen atoms in total. The Morgan fingerprint density at radius 1 is 1.00 bits per heavy atom. The number of methoxy groups -OCH3 is 1. The van der Waals surface area contributed by atoms with E-state index >= 15 is 0 Å². The molecule has 0 saturated carbocycles. The van der Waals surface area contributed by atoms with Crippen molar-refractivity contribution in [1.29, 1.82) is 0 Å². The average molecular weight is 375 g/mol. The van der Waals surface area contributed by atoms with E-state index in [4.69, 9.17) is 4.74 Å². The van der Waals surface area contributed by atoms with Gasteiger partial charge in [-0.25, -0.2) is 9.97 Å². The summed E-state index contributed by atoms with van der Waals surface area (Å²) >= 11 is 3.37. The minimum atomic E-state index is 0.827. The van der Waals surface area contributed by atoms with Crippen LogP contribution in [0.25, 0.3) is 0 Å². The van der Waals surface area contributed by atoms with Crippen molar-refractivity contribution in [3.05, 3.63) is 53.0 Å². The Morgan fingerprint density at radius 3 is 2.08 bits per heavy atom. The molecule has 2 aromatic heterocycles. The molecule has 4 rings (SSSR count). The Balaban J connectivity index is 1.53. The summed E-state index contributed by atoms with van der Waals surface area (Å²) in [5.74, 6) is 0.895. The smallest absolute Gasteiger partial charge is 0.191 e. The number of nitrogens with one attached hydrogen (secondary N) is 1. The zero-order valence-corrected chi connectivity index (χ0v) is 15.6. The van der Waals surface area contributed by atoms with Crippen molar-refractivity contribution in [1.82, 2.24) is 9.97 Å². The fraction of sp³-hybridized carbons (Fsp3) is 0.294. The topological polar surface area (TPSA) is 45.9 Å². The third kappa shape index (κ3) is 3.76. The Kier molecular flexibility index (Phi) is 4.82. The van der Waals surface area contributed by atoms with Crippen LogP contribution in [0.4, 0.5) is 10.3 Å². The lowest BCUT2D eigenvalue weighted by molar-refractivity contribution is -0.916.